The second-order valence-corrected chi connectivity index (χ2v) is 17.6. The summed E-state index contributed by atoms with van der Waals surface area (Å²) < 4.78 is 16.9. The Balaban J connectivity index is 2.08. The predicted molar refractivity (Wildman–Crippen MR) is 154 cm³/mol. The van der Waals surface area contributed by atoms with Gasteiger partial charge in [-0.1, -0.05) is 77.7 Å². The second-order valence-electron chi connectivity index (χ2n) is 12.0. The largest absolute Gasteiger partial charge is 0.445 e. The van der Waals surface area contributed by atoms with Crippen molar-refractivity contribution in [3.8, 4) is 0 Å². The third-order valence-electron chi connectivity index (χ3n) is 5.90. The van der Waals surface area contributed by atoms with Gasteiger partial charge in [0.1, 0.15) is 19.4 Å². The number of rotatable bonds is 16. The van der Waals surface area contributed by atoms with E-state index < -0.39 is 49.6 Å². The maximum Gasteiger partial charge on any atom is 0.439 e. The molecule has 1 aromatic carbocycles. The van der Waals surface area contributed by atoms with E-state index in [0.29, 0.717) is 13.0 Å². The van der Waals surface area contributed by atoms with Crippen LogP contribution >= 0.6 is 0 Å². The van der Waals surface area contributed by atoms with E-state index in [-0.39, 0.29) is 31.6 Å². The van der Waals surface area contributed by atoms with Crippen molar-refractivity contribution in [2.75, 3.05) is 6.61 Å². The molecule has 0 radical (unpaired) electrons. The van der Waals surface area contributed by atoms with Crippen molar-refractivity contribution < 1.29 is 28.3 Å². The van der Waals surface area contributed by atoms with Crippen LogP contribution in [-0.4, -0.2) is 54.3 Å². The number of benzene rings is 1. The summed E-state index contributed by atoms with van der Waals surface area (Å²) in [5.41, 5.74) is 0.812. The van der Waals surface area contributed by atoms with Gasteiger partial charge in [0, 0.05) is 14.7 Å². The minimum Gasteiger partial charge on any atom is -0.445 e. The molecular weight excluding hydrogens is 532 g/mol. The molecule has 11 nitrogen and oxygen atoms in total. The zero-order valence-electron chi connectivity index (χ0n) is 24.7. The first-order chi connectivity index (χ1) is 18.7. The molecule has 1 aromatic heterocycles. The van der Waals surface area contributed by atoms with Gasteiger partial charge in [0.25, 0.3) is 5.89 Å². The monoisotopic (exact) mass is 576 g/mol. The zero-order chi connectivity index (χ0) is 29.9. The maximum atomic E-state index is 13.3. The number of aromatic nitrogens is 2. The van der Waals surface area contributed by atoms with Crippen molar-refractivity contribution in [1.82, 2.24) is 20.4 Å². The molecule has 1 heterocycles. The van der Waals surface area contributed by atoms with Crippen molar-refractivity contribution in [1.29, 1.82) is 0 Å². The standard InChI is InChI=1S/C28H44N4O7Si/c1-19(2)15-22(24(33)26-31-32(28(36)39-26)18-37-13-14-40(5,6)7)29-25(34)23(16-20(3)4)30-27(35)38-17-21-11-9-8-10-12-21/h8-12,19-20,22-23H,13-18H2,1-7H3,(H,29,34)(H,30,35). The number of hydrogen-bond donors (Lipinski definition) is 2. The lowest BCUT2D eigenvalue weighted by atomic mass is 9.98. The van der Waals surface area contributed by atoms with E-state index in [0.717, 1.165) is 16.3 Å². The Kier molecular flexibility index (Phi) is 12.8. The van der Waals surface area contributed by atoms with Crippen LogP contribution in [0.4, 0.5) is 4.79 Å². The fourth-order valence-corrected chi connectivity index (χ4v) is 4.51. The highest BCUT2D eigenvalue weighted by molar-refractivity contribution is 6.76. The van der Waals surface area contributed by atoms with Crippen molar-refractivity contribution in [3.63, 3.8) is 0 Å². The van der Waals surface area contributed by atoms with Crippen LogP contribution in [-0.2, 0) is 27.6 Å². The van der Waals surface area contributed by atoms with Crippen LogP contribution in [0.1, 0.15) is 56.8 Å². The third kappa shape index (κ3) is 11.9. The van der Waals surface area contributed by atoms with Gasteiger partial charge in [0.2, 0.25) is 11.7 Å². The Morgan fingerprint density at radius 2 is 1.60 bits per heavy atom. The molecule has 0 bridgehead atoms. The zero-order valence-corrected chi connectivity index (χ0v) is 25.7. The lowest BCUT2D eigenvalue weighted by molar-refractivity contribution is -0.124. The number of nitrogens with one attached hydrogen (secondary N) is 2. The fraction of sp³-hybridized carbons (Fsp3) is 0.607. The van der Waals surface area contributed by atoms with Crippen LogP contribution in [0.15, 0.2) is 39.5 Å². The van der Waals surface area contributed by atoms with Crippen LogP contribution in [0.3, 0.4) is 0 Å². The summed E-state index contributed by atoms with van der Waals surface area (Å²) in [6.07, 6.45) is -0.135. The Hall–Kier alpha value is -3.25. The highest BCUT2D eigenvalue weighted by Gasteiger charge is 2.31. The van der Waals surface area contributed by atoms with Crippen LogP contribution in [0.25, 0.3) is 0 Å². The smallest absolute Gasteiger partial charge is 0.439 e. The van der Waals surface area contributed by atoms with E-state index in [1.165, 1.54) is 0 Å². The number of carbonyl (C=O) groups is 3. The van der Waals surface area contributed by atoms with Gasteiger partial charge in [-0.15, -0.1) is 5.10 Å². The number of ketones is 1. The summed E-state index contributed by atoms with van der Waals surface area (Å²) >= 11 is 0. The van der Waals surface area contributed by atoms with Crippen LogP contribution in [0.5, 0.6) is 0 Å². The number of Topliss-reactive ketones (excluding diaryl/α,β-unsaturated/α-hetero) is 1. The molecule has 0 aliphatic rings. The minimum absolute atomic E-state index is 0.0281. The summed E-state index contributed by atoms with van der Waals surface area (Å²) in [5, 5.41) is 9.36. The first-order valence-corrected chi connectivity index (χ1v) is 17.4. The Morgan fingerprint density at radius 1 is 0.975 bits per heavy atom. The molecule has 2 unspecified atom stereocenters. The van der Waals surface area contributed by atoms with Gasteiger partial charge >= 0.3 is 11.8 Å². The van der Waals surface area contributed by atoms with Crippen molar-refractivity contribution >= 4 is 25.9 Å². The summed E-state index contributed by atoms with van der Waals surface area (Å²) in [7, 11) is -1.30. The molecule has 12 heteroatoms. The summed E-state index contributed by atoms with van der Waals surface area (Å²) in [4.78, 5) is 51.3. The molecule has 0 fully saturated rings. The predicted octanol–water partition coefficient (Wildman–Crippen LogP) is 4.20. The normalized spacial score (nSPS) is 13.2. The minimum atomic E-state index is -1.30. The van der Waals surface area contributed by atoms with E-state index in [9.17, 15) is 19.2 Å². The van der Waals surface area contributed by atoms with Crippen molar-refractivity contribution in [2.45, 2.75) is 91.6 Å². The van der Waals surface area contributed by atoms with E-state index in [1.54, 1.807) is 0 Å². The Morgan fingerprint density at radius 3 is 2.20 bits per heavy atom. The Labute approximate surface area is 237 Å². The SMILES string of the molecule is CC(C)CC(NC(=O)OCc1ccccc1)C(=O)NC(CC(C)C)C(=O)c1nn(COCC[Si](C)(C)C)c(=O)o1. The third-order valence-corrected chi connectivity index (χ3v) is 7.60. The van der Waals surface area contributed by atoms with E-state index in [2.05, 4.69) is 35.4 Å². The fourth-order valence-electron chi connectivity index (χ4n) is 3.75. The Bertz CT molecular complexity index is 1160. The van der Waals surface area contributed by atoms with Crippen LogP contribution in [0.2, 0.25) is 25.7 Å². The molecule has 222 valence electrons. The molecule has 0 saturated heterocycles. The quantitative estimate of drug-likeness (QED) is 0.172. The van der Waals surface area contributed by atoms with E-state index in [1.807, 2.05) is 58.0 Å². The lowest BCUT2D eigenvalue weighted by Gasteiger charge is -2.24. The molecule has 0 aliphatic carbocycles. The van der Waals surface area contributed by atoms with Gasteiger partial charge < -0.3 is 24.5 Å². The van der Waals surface area contributed by atoms with E-state index >= 15 is 0 Å². The van der Waals surface area contributed by atoms with Crippen molar-refractivity contribution in [3.05, 3.63) is 52.3 Å². The highest BCUT2D eigenvalue weighted by Crippen LogP contribution is 2.13. The second kappa shape index (κ2) is 15.5. The average molecular weight is 577 g/mol. The molecule has 2 aromatic rings. The highest BCUT2D eigenvalue weighted by atomic mass is 28.3. The van der Waals surface area contributed by atoms with Gasteiger partial charge in [0.05, 0.1) is 6.04 Å². The van der Waals surface area contributed by atoms with Gasteiger partial charge in [-0.2, -0.15) is 4.68 Å². The number of amides is 2. The number of nitrogens with zero attached hydrogens (tertiary/aromatic N) is 2. The summed E-state index contributed by atoms with van der Waals surface area (Å²) in [6, 6.07) is 8.16. The number of carbonyl (C=O) groups excluding carboxylic acids is 3. The topological polar surface area (TPSA) is 142 Å². The molecule has 2 rings (SSSR count). The van der Waals surface area contributed by atoms with Gasteiger partial charge in [-0.25, -0.2) is 9.59 Å². The number of ether oxygens (including phenoxy) is 2. The van der Waals surface area contributed by atoms with E-state index in [4.69, 9.17) is 13.9 Å². The molecule has 2 amide bonds. The van der Waals surface area contributed by atoms with Crippen molar-refractivity contribution in [2.24, 2.45) is 11.8 Å². The number of alkyl carbamates (subject to hydrolysis) is 1. The molecular formula is C28H44N4O7Si. The maximum absolute atomic E-state index is 13.3. The summed E-state index contributed by atoms with van der Waals surface area (Å²) in [5.74, 6) is -2.29. The van der Waals surface area contributed by atoms with Gasteiger partial charge in [-0.3, -0.25) is 9.59 Å². The number of hydrogen-bond acceptors (Lipinski definition) is 8. The molecule has 0 aliphatic heterocycles. The van der Waals surface area contributed by atoms with Crippen LogP contribution < -0.4 is 16.4 Å². The molecule has 40 heavy (non-hydrogen) atoms. The first-order valence-electron chi connectivity index (χ1n) is 13.7. The van der Waals surface area contributed by atoms with Crippen LogP contribution in [0, 0.1) is 11.8 Å². The average Bonchev–Trinajstić information content (AvgIpc) is 3.23. The van der Waals surface area contributed by atoms with Gasteiger partial charge in [-0.05, 0) is 36.3 Å². The first kappa shape index (κ1) is 33.0. The molecule has 0 spiro atoms. The molecule has 0 saturated carbocycles. The molecule has 2 N–H and O–H groups in total. The lowest BCUT2D eigenvalue weighted by Crippen LogP contribution is -2.52. The molecule has 2 atom stereocenters. The van der Waals surface area contributed by atoms with Gasteiger partial charge in [0.15, 0.2) is 0 Å². The summed E-state index contributed by atoms with van der Waals surface area (Å²) in [6.45, 7) is 14.7.